The monoisotopic (exact) mass is 393 g/mol. The third kappa shape index (κ3) is 6.17. The Morgan fingerprint density at radius 1 is 0.966 bits per heavy atom. The van der Waals surface area contributed by atoms with Gasteiger partial charge in [0.1, 0.15) is 6.04 Å². The fourth-order valence-electron chi connectivity index (χ4n) is 2.96. The number of rotatable bonds is 8. The van der Waals surface area contributed by atoms with E-state index in [0.717, 1.165) is 18.4 Å². The number of hydrogen-bond donors (Lipinski definition) is 3. The van der Waals surface area contributed by atoms with E-state index in [2.05, 4.69) is 16.0 Å². The predicted molar refractivity (Wildman–Crippen MR) is 112 cm³/mol. The van der Waals surface area contributed by atoms with Crippen LogP contribution in [0.2, 0.25) is 0 Å². The van der Waals surface area contributed by atoms with E-state index in [9.17, 15) is 14.4 Å². The molecule has 0 heterocycles. The van der Waals surface area contributed by atoms with Crippen LogP contribution in [0.4, 0.5) is 5.69 Å². The van der Waals surface area contributed by atoms with Crippen LogP contribution in [-0.4, -0.2) is 29.8 Å². The molecule has 6 nitrogen and oxygen atoms in total. The van der Waals surface area contributed by atoms with E-state index in [1.165, 1.54) is 0 Å². The van der Waals surface area contributed by atoms with Crippen LogP contribution in [0.5, 0.6) is 0 Å². The van der Waals surface area contributed by atoms with Gasteiger partial charge in [-0.25, -0.2) is 0 Å². The third-order valence-electron chi connectivity index (χ3n) is 4.80. The van der Waals surface area contributed by atoms with Gasteiger partial charge in [0.25, 0.3) is 5.91 Å². The van der Waals surface area contributed by atoms with Gasteiger partial charge in [-0.05, 0) is 48.6 Å². The van der Waals surface area contributed by atoms with Gasteiger partial charge in [0, 0.05) is 17.3 Å². The summed E-state index contributed by atoms with van der Waals surface area (Å²) >= 11 is 0. The maximum Gasteiger partial charge on any atom is 0.251 e. The molecule has 2 aromatic carbocycles. The fourth-order valence-corrected chi connectivity index (χ4v) is 2.96. The first-order valence-corrected chi connectivity index (χ1v) is 9.97. The molecule has 2 aromatic rings. The number of carbonyl (C=O) groups is 3. The largest absolute Gasteiger partial charge is 0.349 e. The van der Waals surface area contributed by atoms with Crippen LogP contribution >= 0.6 is 0 Å². The Balaban J connectivity index is 1.57. The average molecular weight is 393 g/mol. The van der Waals surface area contributed by atoms with Gasteiger partial charge in [-0.1, -0.05) is 44.2 Å². The highest BCUT2D eigenvalue weighted by Crippen LogP contribution is 2.20. The summed E-state index contributed by atoms with van der Waals surface area (Å²) in [6.07, 6.45) is 2.29. The van der Waals surface area contributed by atoms with Gasteiger partial charge >= 0.3 is 0 Å². The Morgan fingerprint density at radius 3 is 2.21 bits per heavy atom. The van der Waals surface area contributed by atoms with Crippen molar-refractivity contribution in [3.8, 4) is 0 Å². The molecule has 3 rings (SSSR count). The number of hydrogen-bond acceptors (Lipinski definition) is 3. The van der Waals surface area contributed by atoms with Crippen LogP contribution < -0.4 is 16.0 Å². The molecule has 0 bridgehead atoms. The average Bonchev–Trinajstić information content (AvgIpc) is 3.51. The molecule has 1 aliphatic rings. The Hall–Kier alpha value is -3.15. The molecule has 3 N–H and O–H groups in total. The van der Waals surface area contributed by atoms with Crippen molar-refractivity contribution < 1.29 is 14.4 Å². The Kier molecular flexibility index (Phi) is 6.65. The van der Waals surface area contributed by atoms with E-state index in [0.29, 0.717) is 17.3 Å². The Labute approximate surface area is 171 Å². The molecule has 0 radical (unpaired) electrons. The summed E-state index contributed by atoms with van der Waals surface area (Å²) in [7, 11) is 0. The molecule has 0 aliphatic heterocycles. The molecule has 152 valence electrons. The molecule has 6 heteroatoms. The molecule has 1 atom stereocenters. The lowest BCUT2D eigenvalue weighted by Gasteiger charge is -2.22. The highest BCUT2D eigenvalue weighted by atomic mass is 16.2. The zero-order valence-corrected chi connectivity index (χ0v) is 16.8. The first kappa shape index (κ1) is 20.6. The molecule has 0 aromatic heterocycles. The Morgan fingerprint density at radius 2 is 1.62 bits per heavy atom. The molecule has 0 spiro atoms. The summed E-state index contributed by atoms with van der Waals surface area (Å²) in [5.74, 6) is -0.648. The van der Waals surface area contributed by atoms with E-state index < -0.39 is 6.04 Å². The molecule has 1 saturated carbocycles. The number of carbonyl (C=O) groups excluding carboxylic acids is 3. The van der Waals surface area contributed by atoms with Gasteiger partial charge in [0.15, 0.2) is 0 Å². The smallest absolute Gasteiger partial charge is 0.251 e. The number of anilines is 1. The lowest BCUT2D eigenvalue weighted by molar-refractivity contribution is -0.127. The number of benzene rings is 2. The van der Waals surface area contributed by atoms with Crippen LogP contribution in [0.25, 0.3) is 0 Å². The minimum Gasteiger partial charge on any atom is -0.349 e. The second-order valence-corrected chi connectivity index (χ2v) is 7.77. The molecule has 0 saturated heterocycles. The SMILES string of the molecule is CC(C)C(NC(=O)Cc1ccccc1)C(=O)Nc1ccc(C(=O)NC2CC2)cc1. The molecule has 29 heavy (non-hydrogen) atoms. The lowest BCUT2D eigenvalue weighted by atomic mass is 10.0. The Bertz CT molecular complexity index is 859. The van der Waals surface area contributed by atoms with Crippen LogP contribution in [0.15, 0.2) is 54.6 Å². The van der Waals surface area contributed by atoms with Gasteiger partial charge in [0.2, 0.25) is 11.8 Å². The molecular weight excluding hydrogens is 366 g/mol. The van der Waals surface area contributed by atoms with E-state index >= 15 is 0 Å². The molecule has 1 fully saturated rings. The lowest BCUT2D eigenvalue weighted by Crippen LogP contribution is -2.47. The summed E-state index contributed by atoms with van der Waals surface area (Å²) in [6.45, 7) is 3.77. The predicted octanol–water partition coefficient (Wildman–Crippen LogP) is 2.90. The normalized spacial score (nSPS) is 14.2. The van der Waals surface area contributed by atoms with E-state index in [-0.39, 0.29) is 30.1 Å². The highest BCUT2D eigenvalue weighted by Gasteiger charge is 2.25. The van der Waals surface area contributed by atoms with Crippen LogP contribution in [-0.2, 0) is 16.0 Å². The quantitative estimate of drug-likeness (QED) is 0.644. The first-order chi connectivity index (χ1) is 13.9. The van der Waals surface area contributed by atoms with Crippen molar-refractivity contribution in [2.45, 2.75) is 45.2 Å². The second kappa shape index (κ2) is 9.37. The van der Waals surface area contributed by atoms with Crippen molar-refractivity contribution in [3.63, 3.8) is 0 Å². The van der Waals surface area contributed by atoms with Crippen molar-refractivity contribution in [3.05, 3.63) is 65.7 Å². The topological polar surface area (TPSA) is 87.3 Å². The van der Waals surface area contributed by atoms with E-state index in [4.69, 9.17) is 0 Å². The van der Waals surface area contributed by atoms with Crippen molar-refractivity contribution in [1.29, 1.82) is 0 Å². The fraction of sp³-hybridized carbons (Fsp3) is 0.348. The molecule has 1 unspecified atom stereocenters. The van der Waals surface area contributed by atoms with E-state index in [1.807, 2.05) is 44.2 Å². The van der Waals surface area contributed by atoms with Gasteiger partial charge in [-0.15, -0.1) is 0 Å². The summed E-state index contributed by atoms with van der Waals surface area (Å²) in [5, 5.41) is 8.59. The van der Waals surface area contributed by atoms with Crippen molar-refractivity contribution >= 4 is 23.4 Å². The number of nitrogens with one attached hydrogen (secondary N) is 3. The zero-order valence-electron chi connectivity index (χ0n) is 16.8. The first-order valence-electron chi connectivity index (χ1n) is 9.97. The number of amides is 3. The van der Waals surface area contributed by atoms with Gasteiger partial charge in [-0.3, -0.25) is 14.4 Å². The second-order valence-electron chi connectivity index (χ2n) is 7.77. The van der Waals surface area contributed by atoms with Crippen LogP contribution in [0.3, 0.4) is 0 Å². The third-order valence-corrected chi connectivity index (χ3v) is 4.80. The minimum absolute atomic E-state index is 0.0710. The highest BCUT2D eigenvalue weighted by molar-refractivity contribution is 5.99. The summed E-state index contributed by atoms with van der Waals surface area (Å²) < 4.78 is 0. The maximum atomic E-state index is 12.7. The summed E-state index contributed by atoms with van der Waals surface area (Å²) in [6, 6.07) is 15.8. The van der Waals surface area contributed by atoms with Crippen LogP contribution in [0, 0.1) is 5.92 Å². The maximum absolute atomic E-state index is 12.7. The zero-order chi connectivity index (χ0) is 20.8. The van der Waals surface area contributed by atoms with Crippen molar-refractivity contribution in [1.82, 2.24) is 10.6 Å². The van der Waals surface area contributed by atoms with Gasteiger partial charge in [0.05, 0.1) is 6.42 Å². The summed E-state index contributed by atoms with van der Waals surface area (Å²) in [4.78, 5) is 37.1. The van der Waals surface area contributed by atoms with Crippen LogP contribution in [0.1, 0.15) is 42.6 Å². The summed E-state index contributed by atoms with van der Waals surface area (Å²) in [5.41, 5.74) is 2.04. The van der Waals surface area contributed by atoms with Gasteiger partial charge in [-0.2, -0.15) is 0 Å². The molecule has 3 amide bonds. The molecule has 1 aliphatic carbocycles. The van der Waals surface area contributed by atoms with E-state index in [1.54, 1.807) is 24.3 Å². The standard InChI is InChI=1S/C23H27N3O3/c1-15(2)21(26-20(27)14-16-6-4-3-5-7-16)23(29)25-18-10-8-17(9-11-18)22(28)24-19-12-13-19/h3-11,15,19,21H,12-14H2,1-2H3,(H,24,28)(H,25,29)(H,26,27). The van der Waals surface area contributed by atoms with Crippen molar-refractivity contribution in [2.75, 3.05) is 5.32 Å². The molecular formula is C23H27N3O3. The minimum atomic E-state index is -0.649. The van der Waals surface area contributed by atoms with Crippen molar-refractivity contribution in [2.24, 2.45) is 5.92 Å². The van der Waals surface area contributed by atoms with Gasteiger partial charge < -0.3 is 16.0 Å².